The molecule has 0 radical (unpaired) electrons. The maximum absolute atomic E-state index is 13.1. The number of thioether (sulfide) groups is 1. The van der Waals surface area contributed by atoms with Crippen LogP contribution >= 0.6 is 11.8 Å². The second-order valence-electron chi connectivity index (χ2n) is 2.78. The third kappa shape index (κ3) is 6.83. The monoisotopic (exact) mass is 279 g/mol. The Morgan fingerprint density at radius 3 is 2.32 bits per heavy atom. The number of halogens is 1. The number of rotatable bonds is 3. The molecule has 0 fully saturated rings. The topological polar surface area (TPSA) is 23.8 Å². The molecule has 104 valence electrons. The standard InChI is InChI=1S/C12H10FNS.2C2H6/c1-3-4-12(15-2)9-5-6-11(13)10(7-9)8-14;2*1-2/h3-7H,1H2,2H3;2*1-2H3/b12-4-;;. The second-order valence-corrected chi connectivity index (χ2v) is 3.63. The van der Waals surface area contributed by atoms with Crippen LogP contribution in [0.15, 0.2) is 36.9 Å². The highest BCUT2D eigenvalue weighted by atomic mass is 32.2. The van der Waals surface area contributed by atoms with Crippen LogP contribution in [0.3, 0.4) is 0 Å². The van der Waals surface area contributed by atoms with Gasteiger partial charge in [-0.15, -0.1) is 11.8 Å². The summed E-state index contributed by atoms with van der Waals surface area (Å²) in [7, 11) is 0. The molecule has 0 aliphatic heterocycles. The summed E-state index contributed by atoms with van der Waals surface area (Å²) in [6.07, 6.45) is 5.42. The van der Waals surface area contributed by atoms with Crippen LogP contribution in [0.1, 0.15) is 38.8 Å². The number of hydrogen-bond acceptors (Lipinski definition) is 2. The van der Waals surface area contributed by atoms with Gasteiger partial charge in [0.05, 0.1) is 5.56 Å². The third-order valence-corrected chi connectivity index (χ3v) is 2.67. The lowest BCUT2D eigenvalue weighted by molar-refractivity contribution is 0.624. The molecule has 0 saturated carbocycles. The Hall–Kier alpha value is -1.53. The minimum absolute atomic E-state index is 0.0662. The van der Waals surface area contributed by atoms with Crippen LogP contribution < -0.4 is 0 Å². The molecule has 0 saturated heterocycles. The Bertz CT molecular complexity index is 445. The molecule has 0 spiro atoms. The molecule has 0 amide bonds. The normalized spacial score (nSPS) is 9.21. The van der Waals surface area contributed by atoms with Gasteiger partial charge in [0.25, 0.3) is 0 Å². The average molecular weight is 279 g/mol. The quantitative estimate of drug-likeness (QED) is 0.668. The van der Waals surface area contributed by atoms with Crippen molar-refractivity contribution < 1.29 is 4.39 Å². The van der Waals surface area contributed by atoms with Gasteiger partial charge in [-0.3, -0.25) is 0 Å². The molecule has 19 heavy (non-hydrogen) atoms. The Morgan fingerprint density at radius 2 is 1.89 bits per heavy atom. The van der Waals surface area contributed by atoms with Gasteiger partial charge in [0.2, 0.25) is 0 Å². The molecule has 0 bridgehead atoms. The van der Waals surface area contributed by atoms with Gasteiger partial charge in [0.1, 0.15) is 11.9 Å². The molecule has 0 aliphatic rings. The number of allylic oxidation sites excluding steroid dienone is 2. The highest BCUT2D eigenvalue weighted by Crippen LogP contribution is 2.26. The molecule has 0 aliphatic carbocycles. The Kier molecular flexibility index (Phi) is 13.5. The summed E-state index contributed by atoms with van der Waals surface area (Å²) in [4.78, 5) is 0.960. The zero-order chi connectivity index (χ0) is 15.3. The van der Waals surface area contributed by atoms with Crippen LogP contribution in [0, 0.1) is 17.1 Å². The van der Waals surface area contributed by atoms with Gasteiger partial charge < -0.3 is 0 Å². The summed E-state index contributed by atoms with van der Waals surface area (Å²) >= 11 is 1.53. The lowest BCUT2D eigenvalue weighted by Gasteiger charge is -2.04. The summed E-state index contributed by atoms with van der Waals surface area (Å²) in [6.45, 7) is 11.6. The van der Waals surface area contributed by atoms with Crippen molar-refractivity contribution >= 4 is 16.7 Å². The number of benzene rings is 1. The number of nitriles is 1. The van der Waals surface area contributed by atoms with Crippen LogP contribution in [0.25, 0.3) is 4.91 Å². The van der Waals surface area contributed by atoms with Crippen LogP contribution in [-0.4, -0.2) is 6.26 Å². The van der Waals surface area contributed by atoms with E-state index < -0.39 is 5.82 Å². The Labute approximate surface area is 120 Å². The zero-order valence-electron chi connectivity index (χ0n) is 12.3. The fourth-order valence-electron chi connectivity index (χ4n) is 1.15. The Morgan fingerprint density at radius 1 is 1.32 bits per heavy atom. The molecule has 1 aromatic carbocycles. The van der Waals surface area contributed by atoms with Gasteiger partial charge in [-0.2, -0.15) is 5.26 Å². The molecule has 1 aromatic rings. The van der Waals surface area contributed by atoms with Gasteiger partial charge >= 0.3 is 0 Å². The first-order valence-corrected chi connectivity index (χ1v) is 7.52. The van der Waals surface area contributed by atoms with E-state index >= 15 is 0 Å². The predicted molar refractivity (Wildman–Crippen MR) is 85.5 cm³/mol. The molecule has 0 unspecified atom stereocenters. The van der Waals surface area contributed by atoms with E-state index in [1.807, 2.05) is 46.1 Å². The van der Waals surface area contributed by atoms with Crippen LogP contribution in [0.2, 0.25) is 0 Å². The van der Waals surface area contributed by atoms with Gasteiger partial charge in [-0.1, -0.05) is 46.4 Å². The fraction of sp³-hybridized carbons (Fsp3) is 0.312. The van der Waals surface area contributed by atoms with Crippen molar-refractivity contribution in [2.24, 2.45) is 0 Å². The van der Waals surface area contributed by atoms with E-state index in [0.717, 1.165) is 10.5 Å². The van der Waals surface area contributed by atoms with Gasteiger partial charge in [0, 0.05) is 4.91 Å². The van der Waals surface area contributed by atoms with E-state index in [4.69, 9.17) is 5.26 Å². The first-order valence-electron chi connectivity index (χ1n) is 6.29. The van der Waals surface area contributed by atoms with E-state index in [0.29, 0.717) is 0 Å². The first kappa shape index (κ1) is 19.8. The van der Waals surface area contributed by atoms with Crippen molar-refractivity contribution in [3.8, 4) is 6.07 Å². The second kappa shape index (κ2) is 12.9. The van der Waals surface area contributed by atoms with Crippen LogP contribution in [-0.2, 0) is 0 Å². The van der Waals surface area contributed by atoms with Crippen LogP contribution in [0.4, 0.5) is 4.39 Å². The minimum Gasteiger partial charge on any atom is -0.206 e. The van der Waals surface area contributed by atoms with Gasteiger partial charge in [-0.05, 0) is 30.0 Å². The van der Waals surface area contributed by atoms with Crippen molar-refractivity contribution in [1.29, 1.82) is 5.26 Å². The predicted octanol–water partition coefficient (Wildman–Crippen LogP) is 5.64. The SMILES string of the molecule is C=C/C=C(\SC)c1ccc(F)c(C#N)c1.CC.CC. The zero-order valence-corrected chi connectivity index (χ0v) is 13.1. The van der Waals surface area contributed by atoms with Crippen molar-refractivity contribution in [2.75, 3.05) is 6.26 Å². The summed E-state index contributed by atoms with van der Waals surface area (Å²) in [5.41, 5.74) is 0.900. The molecule has 1 rings (SSSR count). The summed E-state index contributed by atoms with van der Waals surface area (Å²) in [6, 6.07) is 6.32. The van der Waals surface area contributed by atoms with Crippen molar-refractivity contribution in [1.82, 2.24) is 0 Å². The number of hydrogen-bond donors (Lipinski definition) is 0. The fourth-order valence-corrected chi connectivity index (χ4v) is 1.75. The third-order valence-electron chi connectivity index (χ3n) is 1.86. The molecular weight excluding hydrogens is 257 g/mol. The number of nitrogens with zero attached hydrogens (tertiary/aromatic N) is 1. The molecular formula is C16H22FNS. The molecule has 0 heterocycles. The highest BCUT2D eigenvalue weighted by molar-refractivity contribution is 8.07. The lowest BCUT2D eigenvalue weighted by Crippen LogP contribution is -1.87. The molecule has 0 N–H and O–H groups in total. The van der Waals surface area contributed by atoms with Crippen molar-refractivity contribution in [3.05, 3.63) is 53.9 Å². The molecule has 1 nitrogen and oxygen atoms in total. The van der Waals surface area contributed by atoms with Crippen LogP contribution in [0.5, 0.6) is 0 Å². The maximum Gasteiger partial charge on any atom is 0.140 e. The highest BCUT2D eigenvalue weighted by Gasteiger charge is 2.05. The van der Waals surface area contributed by atoms with E-state index in [1.165, 1.54) is 17.8 Å². The first-order chi connectivity index (χ1) is 9.22. The maximum atomic E-state index is 13.1. The molecule has 0 atom stereocenters. The van der Waals surface area contributed by atoms with Gasteiger partial charge in [0.15, 0.2) is 0 Å². The largest absolute Gasteiger partial charge is 0.206 e. The molecule has 0 aromatic heterocycles. The van der Waals surface area contributed by atoms with Gasteiger partial charge in [-0.25, -0.2) is 4.39 Å². The smallest absolute Gasteiger partial charge is 0.140 e. The summed E-state index contributed by atoms with van der Waals surface area (Å²) < 4.78 is 13.1. The van der Waals surface area contributed by atoms with Crippen molar-refractivity contribution in [3.63, 3.8) is 0 Å². The van der Waals surface area contributed by atoms with Crippen molar-refractivity contribution in [2.45, 2.75) is 27.7 Å². The minimum atomic E-state index is -0.486. The van der Waals surface area contributed by atoms with E-state index in [-0.39, 0.29) is 5.56 Å². The average Bonchev–Trinajstić information content (AvgIpc) is 2.49. The summed E-state index contributed by atoms with van der Waals surface area (Å²) in [5, 5.41) is 8.69. The summed E-state index contributed by atoms with van der Waals surface area (Å²) in [5.74, 6) is -0.486. The Balaban J connectivity index is 0. The van der Waals surface area contributed by atoms with E-state index in [2.05, 4.69) is 6.58 Å². The van der Waals surface area contributed by atoms with E-state index in [1.54, 1.807) is 18.2 Å². The molecule has 3 heteroatoms. The van der Waals surface area contributed by atoms with E-state index in [9.17, 15) is 4.39 Å². The lowest BCUT2D eigenvalue weighted by atomic mass is 10.1.